The number of benzene rings is 1. The van der Waals surface area contributed by atoms with Crippen molar-refractivity contribution in [2.24, 2.45) is 5.92 Å². The summed E-state index contributed by atoms with van der Waals surface area (Å²) >= 11 is 3.35. The second-order valence-corrected chi connectivity index (χ2v) is 5.28. The summed E-state index contributed by atoms with van der Waals surface area (Å²) in [5.41, 5.74) is 1.68. The number of carbonyl (C=O) groups excluding carboxylic acids is 1. The molecule has 1 unspecified atom stereocenters. The largest absolute Gasteiger partial charge is 0.481 e. The molecule has 0 aliphatic carbocycles. The number of aryl methyl sites for hydroxylation is 1. The monoisotopic (exact) mass is 328 g/mol. The zero-order valence-electron chi connectivity index (χ0n) is 10.9. The Morgan fingerprint density at radius 1 is 1.42 bits per heavy atom. The summed E-state index contributed by atoms with van der Waals surface area (Å²) in [6.07, 6.45) is 0.405. The number of anilines is 1. The minimum Gasteiger partial charge on any atom is -0.481 e. The number of rotatable bonds is 5. The molecule has 1 aromatic carbocycles. The smallest absolute Gasteiger partial charge is 0.319 e. The van der Waals surface area contributed by atoms with Crippen molar-refractivity contribution >= 4 is 33.6 Å². The fourth-order valence-electron chi connectivity index (χ4n) is 1.46. The normalized spacial score (nSPS) is 11.7. The molecule has 0 aliphatic heterocycles. The molecule has 0 heterocycles. The van der Waals surface area contributed by atoms with E-state index < -0.39 is 11.9 Å². The van der Waals surface area contributed by atoms with E-state index in [-0.39, 0.29) is 6.03 Å². The first-order valence-corrected chi connectivity index (χ1v) is 6.73. The van der Waals surface area contributed by atoms with Gasteiger partial charge in [0.15, 0.2) is 0 Å². The highest BCUT2D eigenvalue weighted by molar-refractivity contribution is 9.10. The van der Waals surface area contributed by atoms with Crippen molar-refractivity contribution in [2.75, 3.05) is 11.9 Å². The Morgan fingerprint density at radius 2 is 2.11 bits per heavy atom. The number of hydrogen-bond acceptors (Lipinski definition) is 2. The number of urea groups is 1. The van der Waals surface area contributed by atoms with Crippen LogP contribution in [0.3, 0.4) is 0 Å². The lowest BCUT2D eigenvalue weighted by atomic mass is 10.1. The second kappa shape index (κ2) is 7.13. The average molecular weight is 329 g/mol. The molecular formula is C13H17BrN2O3. The van der Waals surface area contributed by atoms with Gasteiger partial charge in [-0.2, -0.15) is 0 Å². The van der Waals surface area contributed by atoms with Gasteiger partial charge in [0.25, 0.3) is 0 Å². The van der Waals surface area contributed by atoms with Crippen molar-refractivity contribution in [2.45, 2.75) is 20.3 Å². The highest BCUT2D eigenvalue weighted by Gasteiger charge is 2.11. The van der Waals surface area contributed by atoms with Gasteiger partial charge in [0.1, 0.15) is 0 Å². The lowest BCUT2D eigenvalue weighted by Gasteiger charge is -2.11. The quantitative estimate of drug-likeness (QED) is 0.777. The SMILES string of the molecule is Cc1cc(Br)ccc1NC(=O)NCCC(C)C(=O)O. The van der Waals surface area contributed by atoms with Crippen LogP contribution in [0.5, 0.6) is 0 Å². The van der Waals surface area contributed by atoms with Gasteiger partial charge in [-0.05, 0) is 37.1 Å². The molecule has 5 nitrogen and oxygen atoms in total. The van der Waals surface area contributed by atoms with Crippen molar-refractivity contribution < 1.29 is 14.7 Å². The van der Waals surface area contributed by atoms with Crippen molar-refractivity contribution in [1.82, 2.24) is 5.32 Å². The molecule has 0 fully saturated rings. The van der Waals surface area contributed by atoms with Crippen LogP contribution >= 0.6 is 15.9 Å². The third-order valence-corrected chi connectivity index (χ3v) is 3.21. The Labute approximate surface area is 120 Å². The zero-order chi connectivity index (χ0) is 14.4. The third kappa shape index (κ3) is 5.30. The molecule has 0 aromatic heterocycles. The Bertz CT molecular complexity index is 477. The number of aliphatic carboxylic acids is 1. The molecule has 19 heavy (non-hydrogen) atoms. The molecule has 6 heteroatoms. The van der Waals surface area contributed by atoms with Gasteiger partial charge in [-0.1, -0.05) is 22.9 Å². The molecule has 0 saturated carbocycles. The molecule has 0 saturated heterocycles. The summed E-state index contributed by atoms with van der Waals surface area (Å²) in [6.45, 7) is 3.84. The lowest BCUT2D eigenvalue weighted by molar-refractivity contribution is -0.141. The highest BCUT2D eigenvalue weighted by Crippen LogP contribution is 2.19. The number of amides is 2. The van der Waals surface area contributed by atoms with Gasteiger partial charge in [0.05, 0.1) is 5.92 Å². The molecule has 1 atom stereocenters. The zero-order valence-corrected chi connectivity index (χ0v) is 12.5. The van der Waals surface area contributed by atoms with Gasteiger partial charge in [-0.25, -0.2) is 4.79 Å². The molecular weight excluding hydrogens is 312 g/mol. The summed E-state index contributed by atoms with van der Waals surface area (Å²) in [6, 6.07) is 5.22. The van der Waals surface area contributed by atoms with E-state index >= 15 is 0 Å². The predicted molar refractivity (Wildman–Crippen MR) is 77.3 cm³/mol. The van der Waals surface area contributed by atoms with Gasteiger partial charge in [0, 0.05) is 16.7 Å². The van der Waals surface area contributed by atoms with Crippen molar-refractivity contribution in [3.05, 3.63) is 28.2 Å². The van der Waals surface area contributed by atoms with Crippen LogP contribution in [0.2, 0.25) is 0 Å². The van der Waals surface area contributed by atoms with Gasteiger partial charge >= 0.3 is 12.0 Å². The van der Waals surface area contributed by atoms with E-state index in [1.165, 1.54) is 0 Å². The maximum absolute atomic E-state index is 11.6. The molecule has 0 spiro atoms. The topological polar surface area (TPSA) is 78.4 Å². The Hall–Kier alpha value is -1.56. The van der Waals surface area contributed by atoms with Gasteiger partial charge < -0.3 is 15.7 Å². The molecule has 0 bridgehead atoms. The van der Waals surface area contributed by atoms with E-state index in [2.05, 4.69) is 26.6 Å². The lowest BCUT2D eigenvalue weighted by Crippen LogP contribution is -2.31. The van der Waals surface area contributed by atoms with Crippen LogP contribution in [0.1, 0.15) is 18.9 Å². The minimum atomic E-state index is -0.856. The summed E-state index contributed by atoms with van der Waals surface area (Å²) in [7, 11) is 0. The maximum Gasteiger partial charge on any atom is 0.319 e. The van der Waals surface area contributed by atoms with Crippen LogP contribution < -0.4 is 10.6 Å². The summed E-state index contributed by atoms with van der Waals surface area (Å²) in [5.74, 6) is -1.32. The number of carbonyl (C=O) groups is 2. The minimum absolute atomic E-state index is 0.328. The van der Waals surface area contributed by atoms with Crippen LogP contribution in [0.15, 0.2) is 22.7 Å². The van der Waals surface area contributed by atoms with E-state index in [0.29, 0.717) is 13.0 Å². The van der Waals surface area contributed by atoms with Gasteiger partial charge in [-0.3, -0.25) is 4.79 Å². The van der Waals surface area contributed by atoms with E-state index in [9.17, 15) is 9.59 Å². The van der Waals surface area contributed by atoms with E-state index in [0.717, 1.165) is 15.7 Å². The van der Waals surface area contributed by atoms with Crippen LogP contribution in [-0.2, 0) is 4.79 Å². The number of carboxylic acids is 1. The molecule has 0 aliphatic rings. The fraction of sp³-hybridized carbons (Fsp3) is 0.385. The van der Waals surface area contributed by atoms with E-state index in [1.54, 1.807) is 13.0 Å². The maximum atomic E-state index is 11.6. The van der Waals surface area contributed by atoms with Crippen LogP contribution in [-0.4, -0.2) is 23.7 Å². The molecule has 2 amide bonds. The third-order valence-electron chi connectivity index (χ3n) is 2.72. The summed E-state index contributed by atoms with van der Waals surface area (Å²) in [4.78, 5) is 22.2. The average Bonchev–Trinajstić information content (AvgIpc) is 2.32. The standard InChI is InChI=1S/C13H17BrN2O3/c1-8(12(17)18)5-6-15-13(19)16-11-4-3-10(14)7-9(11)2/h3-4,7-8H,5-6H2,1-2H3,(H,17,18)(H2,15,16,19). The molecule has 104 valence electrons. The van der Waals surface area contributed by atoms with Crippen LogP contribution in [0, 0.1) is 12.8 Å². The number of carboxylic acid groups (broad SMARTS) is 1. The molecule has 3 N–H and O–H groups in total. The van der Waals surface area contributed by atoms with Gasteiger partial charge in [0.2, 0.25) is 0 Å². The van der Waals surface area contributed by atoms with Crippen LogP contribution in [0.25, 0.3) is 0 Å². The number of halogens is 1. The number of nitrogens with one attached hydrogen (secondary N) is 2. The summed E-state index contributed by atoms with van der Waals surface area (Å²) in [5, 5.41) is 14.1. The molecule has 1 rings (SSSR count). The van der Waals surface area contributed by atoms with Crippen molar-refractivity contribution in [1.29, 1.82) is 0 Å². The molecule has 0 radical (unpaired) electrons. The van der Waals surface area contributed by atoms with Crippen molar-refractivity contribution in [3.8, 4) is 0 Å². The highest BCUT2D eigenvalue weighted by atomic mass is 79.9. The fourth-order valence-corrected chi connectivity index (χ4v) is 1.94. The Balaban J connectivity index is 2.41. The second-order valence-electron chi connectivity index (χ2n) is 4.37. The Morgan fingerprint density at radius 3 is 2.68 bits per heavy atom. The van der Waals surface area contributed by atoms with E-state index in [1.807, 2.05) is 19.1 Å². The summed E-state index contributed by atoms with van der Waals surface area (Å²) < 4.78 is 0.950. The van der Waals surface area contributed by atoms with Crippen LogP contribution in [0.4, 0.5) is 10.5 Å². The molecule has 1 aromatic rings. The predicted octanol–water partition coefficient (Wildman–Crippen LogP) is 2.99. The van der Waals surface area contributed by atoms with Crippen molar-refractivity contribution in [3.63, 3.8) is 0 Å². The first kappa shape index (κ1) is 15.5. The Kier molecular flexibility index (Phi) is 5.82. The first-order chi connectivity index (χ1) is 8.90. The van der Waals surface area contributed by atoms with Gasteiger partial charge in [-0.15, -0.1) is 0 Å². The van der Waals surface area contributed by atoms with E-state index in [4.69, 9.17) is 5.11 Å². The first-order valence-electron chi connectivity index (χ1n) is 5.94. The number of hydrogen-bond donors (Lipinski definition) is 3.